The molecule has 1 N–H and O–H groups in total. The van der Waals surface area contributed by atoms with E-state index in [0.717, 1.165) is 11.3 Å². The highest BCUT2D eigenvalue weighted by Gasteiger charge is 2.25. The second-order valence-corrected chi connectivity index (χ2v) is 7.40. The number of carbonyl (C=O) groups is 2. The van der Waals surface area contributed by atoms with Crippen molar-refractivity contribution in [2.45, 2.75) is 39.2 Å². The lowest BCUT2D eigenvalue weighted by Crippen LogP contribution is -2.43. The van der Waals surface area contributed by atoms with Crippen LogP contribution in [-0.2, 0) is 23.0 Å². The van der Waals surface area contributed by atoms with Crippen LogP contribution in [-0.4, -0.2) is 39.8 Å². The summed E-state index contributed by atoms with van der Waals surface area (Å²) in [6, 6.07) is 10.5. The molecule has 3 aromatic rings. The van der Waals surface area contributed by atoms with Crippen LogP contribution >= 0.6 is 0 Å². The molecule has 1 amide bonds. The third-order valence-electron chi connectivity index (χ3n) is 4.90. The van der Waals surface area contributed by atoms with E-state index in [1.54, 1.807) is 17.8 Å². The number of methoxy groups -OCH3 is 1. The smallest absolute Gasteiger partial charge is 0.328 e. The molecule has 0 spiro atoms. The number of fused-ring (bicyclic) bond motifs is 1. The van der Waals surface area contributed by atoms with Gasteiger partial charge in [-0.3, -0.25) is 9.48 Å². The number of rotatable bonds is 6. The Kier molecular flexibility index (Phi) is 5.96. The molecular weight excluding hydrogens is 368 g/mol. The van der Waals surface area contributed by atoms with E-state index >= 15 is 0 Å². The van der Waals surface area contributed by atoms with Gasteiger partial charge in [0.05, 0.1) is 23.8 Å². The maximum absolute atomic E-state index is 13.2. The molecule has 29 heavy (non-hydrogen) atoms. The van der Waals surface area contributed by atoms with Gasteiger partial charge in [-0.2, -0.15) is 5.10 Å². The minimum Gasteiger partial charge on any atom is -0.467 e. The van der Waals surface area contributed by atoms with Crippen molar-refractivity contribution >= 4 is 22.9 Å². The van der Waals surface area contributed by atoms with Gasteiger partial charge in [-0.1, -0.05) is 44.2 Å². The Balaban J connectivity index is 1.99. The molecule has 0 aliphatic carbocycles. The molecule has 152 valence electrons. The Morgan fingerprint density at radius 3 is 2.52 bits per heavy atom. The van der Waals surface area contributed by atoms with E-state index in [1.165, 1.54) is 7.11 Å². The number of esters is 1. The zero-order valence-electron chi connectivity index (χ0n) is 17.4. The Morgan fingerprint density at radius 1 is 1.21 bits per heavy atom. The fourth-order valence-corrected chi connectivity index (χ4v) is 3.36. The number of pyridine rings is 1. The van der Waals surface area contributed by atoms with Crippen LogP contribution in [0.2, 0.25) is 0 Å². The minimum absolute atomic E-state index is 0.141. The molecule has 1 atom stereocenters. The van der Waals surface area contributed by atoms with Gasteiger partial charge in [0, 0.05) is 19.2 Å². The van der Waals surface area contributed by atoms with Crippen molar-refractivity contribution in [2.24, 2.45) is 7.05 Å². The highest BCUT2D eigenvalue weighted by Crippen LogP contribution is 2.25. The van der Waals surface area contributed by atoms with Crippen molar-refractivity contribution in [3.63, 3.8) is 0 Å². The zero-order valence-corrected chi connectivity index (χ0v) is 17.4. The SMILES string of the molecule is COC(=O)[C@@H](Cc1ccccc1)NC(=O)c1cc(C(C)C)nc2c1c(C)nn2C. The first-order valence-electron chi connectivity index (χ1n) is 9.58. The van der Waals surface area contributed by atoms with Crippen LogP contribution in [0.3, 0.4) is 0 Å². The second kappa shape index (κ2) is 8.43. The van der Waals surface area contributed by atoms with Gasteiger partial charge in [-0.05, 0) is 24.5 Å². The normalized spacial score (nSPS) is 12.2. The van der Waals surface area contributed by atoms with Gasteiger partial charge in [0.25, 0.3) is 5.91 Å². The number of hydrogen-bond donors (Lipinski definition) is 1. The standard InChI is InChI=1S/C22H26N4O3/c1-13(2)17-12-16(19-14(3)25-26(4)20(19)23-17)21(27)24-18(22(28)29-5)11-15-9-7-6-8-10-15/h6-10,12-13,18H,11H2,1-5H3,(H,24,27)/t18-/m1/s1. The maximum atomic E-state index is 13.2. The summed E-state index contributed by atoms with van der Waals surface area (Å²) in [5.41, 5.74) is 3.56. The van der Waals surface area contributed by atoms with Crippen LogP contribution in [0.1, 0.15) is 47.1 Å². The number of benzene rings is 1. The predicted octanol–water partition coefficient (Wildman–Crippen LogP) is 2.91. The first-order valence-corrected chi connectivity index (χ1v) is 9.58. The van der Waals surface area contributed by atoms with Crippen molar-refractivity contribution in [2.75, 3.05) is 7.11 Å². The average Bonchev–Trinajstić information content (AvgIpc) is 3.00. The predicted molar refractivity (Wildman–Crippen MR) is 111 cm³/mol. The molecule has 2 aromatic heterocycles. The lowest BCUT2D eigenvalue weighted by atomic mass is 10.0. The molecule has 1 aromatic carbocycles. The van der Waals surface area contributed by atoms with Crippen molar-refractivity contribution < 1.29 is 14.3 Å². The second-order valence-electron chi connectivity index (χ2n) is 7.40. The van der Waals surface area contributed by atoms with Crippen molar-refractivity contribution in [1.29, 1.82) is 0 Å². The Morgan fingerprint density at radius 2 is 1.90 bits per heavy atom. The molecule has 7 nitrogen and oxygen atoms in total. The number of aromatic nitrogens is 3. The zero-order chi connectivity index (χ0) is 21.1. The number of nitrogens with one attached hydrogen (secondary N) is 1. The van der Waals surface area contributed by atoms with E-state index in [0.29, 0.717) is 28.7 Å². The number of hydrogen-bond acceptors (Lipinski definition) is 5. The summed E-state index contributed by atoms with van der Waals surface area (Å²) in [5.74, 6) is -0.692. The van der Waals surface area contributed by atoms with Crippen molar-refractivity contribution in [3.8, 4) is 0 Å². The van der Waals surface area contributed by atoms with Gasteiger partial charge in [0.1, 0.15) is 6.04 Å². The van der Waals surface area contributed by atoms with E-state index in [-0.39, 0.29) is 11.8 Å². The molecule has 0 saturated heterocycles. The van der Waals surface area contributed by atoms with Crippen LogP contribution < -0.4 is 5.32 Å². The molecule has 0 aliphatic rings. The van der Waals surface area contributed by atoms with E-state index < -0.39 is 12.0 Å². The molecule has 2 heterocycles. The summed E-state index contributed by atoms with van der Waals surface area (Å²) in [5, 5.41) is 7.96. The molecule has 3 rings (SSSR count). The monoisotopic (exact) mass is 394 g/mol. The van der Waals surface area contributed by atoms with Crippen LogP contribution in [0.5, 0.6) is 0 Å². The van der Waals surface area contributed by atoms with Gasteiger partial charge < -0.3 is 10.1 Å². The molecule has 0 saturated carbocycles. The van der Waals surface area contributed by atoms with Gasteiger partial charge in [-0.25, -0.2) is 9.78 Å². The molecule has 0 bridgehead atoms. The molecule has 0 unspecified atom stereocenters. The Labute approximate surface area is 170 Å². The van der Waals surface area contributed by atoms with Crippen LogP contribution in [0.4, 0.5) is 0 Å². The number of carbonyl (C=O) groups excluding carboxylic acids is 2. The topological polar surface area (TPSA) is 86.1 Å². The van der Waals surface area contributed by atoms with Gasteiger partial charge in [-0.15, -0.1) is 0 Å². The lowest BCUT2D eigenvalue weighted by molar-refractivity contribution is -0.142. The largest absolute Gasteiger partial charge is 0.467 e. The van der Waals surface area contributed by atoms with E-state index in [4.69, 9.17) is 4.74 Å². The number of aryl methyl sites for hydroxylation is 2. The summed E-state index contributed by atoms with van der Waals surface area (Å²) in [7, 11) is 3.13. The van der Waals surface area contributed by atoms with Crippen molar-refractivity contribution in [1.82, 2.24) is 20.1 Å². The van der Waals surface area contributed by atoms with E-state index in [1.807, 2.05) is 51.1 Å². The fraction of sp³-hybridized carbons (Fsp3) is 0.364. The van der Waals surface area contributed by atoms with Crippen molar-refractivity contribution in [3.05, 3.63) is 58.9 Å². The average molecular weight is 394 g/mol. The van der Waals surface area contributed by atoms with Gasteiger partial charge >= 0.3 is 5.97 Å². The lowest BCUT2D eigenvalue weighted by Gasteiger charge is -2.18. The highest BCUT2D eigenvalue weighted by molar-refractivity contribution is 6.07. The fourth-order valence-electron chi connectivity index (χ4n) is 3.36. The summed E-state index contributed by atoms with van der Waals surface area (Å²) < 4.78 is 6.59. The van der Waals surface area contributed by atoms with Gasteiger partial charge in [0.15, 0.2) is 5.65 Å². The van der Waals surface area contributed by atoms with Crippen LogP contribution in [0.15, 0.2) is 36.4 Å². The third-order valence-corrected chi connectivity index (χ3v) is 4.90. The molecule has 0 fully saturated rings. The number of amides is 1. The Hall–Kier alpha value is -3.22. The summed E-state index contributed by atoms with van der Waals surface area (Å²) in [6.07, 6.45) is 0.344. The summed E-state index contributed by atoms with van der Waals surface area (Å²) in [6.45, 7) is 5.88. The van der Waals surface area contributed by atoms with Gasteiger partial charge in [0.2, 0.25) is 0 Å². The van der Waals surface area contributed by atoms with E-state index in [9.17, 15) is 9.59 Å². The van der Waals surface area contributed by atoms with E-state index in [2.05, 4.69) is 15.4 Å². The first-order chi connectivity index (χ1) is 13.8. The maximum Gasteiger partial charge on any atom is 0.328 e. The molecule has 0 radical (unpaired) electrons. The first kappa shape index (κ1) is 20.5. The quantitative estimate of drug-likeness (QED) is 0.650. The minimum atomic E-state index is -0.794. The summed E-state index contributed by atoms with van der Waals surface area (Å²) >= 11 is 0. The Bertz CT molecular complexity index is 1040. The van der Waals surface area contributed by atoms with Crippen LogP contribution in [0.25, 0.3) is 11.0 Å². The number of ether oxygens (including phenoxy) is 1. The highest BCUT2D eigenvalue weighted by atomic mass is 16.5. The molecule has 0 aliphatic heterocycles. The molecular formula is C22H26N4O3. The number of nitrogens with zero attached hydrogens (tertiary/aromatic N) is 3. The van der Waals surface area contributed by atoms with Crippen LogP contribution in [0, 0.1) is 6.92 Å². The summed E-state index contributed by atoms with van der Waals surface area (Å²) in [4.78, 5) is 30.2. The molecule has 7 heteroatoms. The third kappa shape index (κ3) is 4.29.